The van der Waals surface area contributed by atoms with Crippen LogP contribution in [0.25, 0.3) is 0 Å². The van der Waals surface area contributed by atoms with Crippen molar-refractivity contribution >= 4 is 17.5 Å². The monoisotopic (exact) mass is 303 g/mol. The molecule has 2 rings (SSSR count). The Morgan fingerprint density at radius 2 is 1.76 bits per heavy atom. The van der Waals surface area contributed by atoms with E-state index < -0.39 is 5.54 Å². The van der Waals surface area contributed by atoms with Crippen LogP contribution in [-0.4, -0.2) is 17.6 Å². The van der Waals surface area contributed by atoms with E-state index in [9.17, 15) is 9.90 Å². The number of aliphatic hydroxyl groups excluding tert-OH is 1. The maximum Gasteiger partial charge on any atom is 0.225 e. The van der Waals surface area contributed by atoms with E-state index >= 15 is 0 Å². The number of halogens is 1. The van der Waals surface area contributed by atoms with Crippen LogP contribution in [0.5, 0.6) is 0 Å². The summed E-state index contributed by atoms with van der Waals surface area (Å²) in [6, 6.07) is 16.7. The summed E-state index contributed by atoms with van der Waals surface area (Å²) in [5.74, 6) is -0.177. The summed E-state index contributed by atoms with van der Waals surface area (Å²) in [5, 5.41) is 13.1. The molecule has 0 aliphatic carbocycles. The van der Waals surface area contributed by atoms with E-state index in [4.69, 9.17) is 11.6 Å². The highest BCUT2D eigenvalue weighted by Crippen LogP contribution is 2.21. The number of carbonyl (C=O) groups is 1. The Morgan fingerprint density at radius 3 is 2.38 bits per heavy atom. The van der Waals surface area contributed by atoms with Crippen molar-refractivity contribution in [3.05, 3.63) is 70.7 Å². The van der Waals surface area contributed by atoms with E-state index in [-0.39, 0.29) is 18.9 Å². The second-order valence-corrected chi connectivity index (χ2v) is 5.58. The Labute approximate surface area is 129 Å². The number of carbonyl (C=O) groups excluding carboxylic acids is 1. The first-order valence-corrected chi connectivity index (χ1v) is 7.14. The SMILES string of the molecule is CC(CO)(NC(=O)Cc1ccccc1Cl)c1ccccc1. The molecule has 0 bridgehead atoms. The lowest BCUT2D eigenvalue weighted by molar-refractivity contribution is -0.122. The molecule has 2 N–H and O–H groups in total. The third-order valence-corrected chi connectivity index (χ3v) is 3.82. The van der Waals surface area contributed by atoms with Gasteiger partial charge in [-0.15, -0.1) is 0 Å². The summed E-state index contributed by atoms with van der Waals surface area (Å²) in [7, 11) is 0. The molecule has 4 heteroatoms. The molecule has 1 atom stereocenters. The molecule has 0 saturated heterocycles. The lowest BCUT2D eigenvalue weighted by Crippen LogP contribution is -2.46. The Bertz CT molecular complexity index is 615. The maximum absolute atomic E-state index is 12.2. The van der Waals surface area contributed by atoms with Crippen LogP contribution in [0, 0.1) is 0 Å². The molecule has 0 heterocycles. The van der Waals surface area contributed by atoms with Crippen molar-refractivity contribution in [1.29, 1.82) is 0 Å². The van der Waals surface area contributed by atoms with Gasteiger partial charge in [0.2, 0.25) is 5.91 Å². The van der Waals surface area contributed by atoms with Crippen molar-refractivity contribution < 1.29 is 9.90 Å². The van der Waals surface area contributed by atoms with E-state index in [2.05, 4.69) is 5.32 Å². The predicted molar refractivity (Wildman–Crippen MR) is 84.2 cm³/mol. The van der Waals surface area contributed by atoms with Crippen LogP contribution in [0.2, 0.25) is 5.02 Å². The molecule has 0 fully saturated rings. The van der Waals surface area contributed by atoms with Crippen LogP contribution < -0.4 is 5.32 Å². The van der Waals surface area contributed by atoms with Gasteiger partial charge in [-0.2, -0.15) is 0 Å². The molecule has 0 aliphatic heterocycles. The maximum atomic E-state index is 12.2. The standard InChI is InChI=1S/C17H18ClNO2/c1-17(12-20,14-8-3-2-4-9-14)19-16(21)11-13-7-5-6-10-15(13)18/h2-10,20H,11-12H2,1H3,(H,19,21). The first-order valence-electron chi connectivity index (χ1n) is 6.76. The number of rotatable bonds is 5. The summed E-state index contributed by atoms with van der Waals surface area (Å²) in [6.07, 6.45) is 0.183. The molecular weight excluding hydrogens is 286 g/mol. The molecule has 3 nitrogen and oxygen atoms in total. The quantitative estimate of drug-likeness (QED) is 0.892. The molecule has 0 spiro atoms. The highest BCUT2D eigenvalue weighted by Gasteiger charge is 2.27. The topological polar surface area (TPSA) is 49.3 Å². The number of amides is 1. The Morgan fingerprint density at radius 1 is 1.14 bits per heavy atom. The van der Waals surface area contributed by atoms with Crippen molar-refractivity contribution in [3.63, 3.8) is 0 Å². The minimum absolute atomic E-state index is 0.175. The molecule has 0 saturated carbocycles. The van der Waals surface area contributed by atoms with E-state index in [1.165, 1.54) is 0 Å². The van der Waals surface area contributed by atoms with Gasteiger partial charge in [-0.25, -0.2) is 0 Å². The number of aliphatic hydroxyl groups is 1. The highest BCUT2D eigenvalue weighted by atomic mass is 35.5. The molecule has 2 aromatic rings. The zero-order valence-corrected chi connectivity index (χ0v) is 12.6. The van der Waals surface area contributed by atoms with Gasteiger partial charge < -0.3 is 10.4 Å². The number of nitrogens with one attached hydrogen (secondary N) is 1. The summed E-state index contributed by atoms with van der Waals surface area (Å²) in [4.78, 5) is 12.2. The average molecular weight is 304 g/mol. The van der Waals surface area contributed by atoms with Gasteiger partial charge >= 0.3 is 0 Å². The average Bonchev–Trinajstić information content (AvgIpc) is 2.50. The van der Waals surface area contributed by atoms with Crippen LogP contribution >= 0.6 is 11.6 Å². The summed E-state index contributed by atoms with van der Waals surface area (Å²) >= 11 is 6.06. The molecule has 110 valence electrons. The fraction of sp³-hybridized carbons (Fsp3) is 0.235. The fourth-order valence-electron chi connectivity index (χ4n) is 2.18. The second kappa shape index (κ2) is 6.74. The van der Waals surface area contributed by atoms with Crippen molar-refractivity contribution in [2.24, 2.45) is 0 Å². The predicted octanol–water partition coefficient (Wildman–Crippen LogP) is 2.91. The van der Waals surface area contributed by atoms with Crippen LogP contribution in [0.15, 0.2) is 54.6 Å². The van der Waals surface area contributed by atoms with Crippen LogP contribution in [0.1, 0.15) is 18.1 Å². The van der Waals surface area contributed by atoms with Gasteiger partial charge in [-0.1, -0.05) is 60.1 Å². The van der Waals surface area contributed by atoms with E-state index in [0.29, 0.717) is 5.02 Å². The first-order chi connectivity index (χ1) is 10.0. The van der Waals surface area contributed by atoms with Crippen LogP contribution in [0.4, 0.5) is 0 Å². The molecule has 0 aliphatic rings. The highest BCUT2D eigenvalue weighted by molar-refractivity contribution is 6.31. The van der Waals surface area contributed by atoms with Crippen molar-refractivity contribution in [2.45, 2.75) is 18.9 Å². The molecule has 2 aromatic carbocycles. The van der Waals surface area contributed by atoms with Gasteiger partial charge in [-0.3, -0.25) is 4.79 Å². The number of benzene rings is 2. The number of hydrogen-bond donors (Lipinski definition) is 2. The molecule has 0 aromatic heterocycles. The normalized spacial score (nSPS) is 13.5. The Kier molecular flexibility index (Phi) is 4.99. The molecule has 1 unspecified atom stereocenters. The van der Waals surface area contributed by atoms with Gasteiger partial charge in [0.05, 0.1) is 18.6 Å². The molecule has 0 radical (unpaired) electrons. The molecule has 21 heavy (non-hydrogen) atoms. The third kappa shape index (κ3) is 3.84. The van der Waals surface area contributed by atoms with Crippen LogP contribution in [0.3, 0.4) is 0 Å². The summed E-state index contributed by atoms with van der Waals surface area (Å²) < 4.78 is 0. The third-order valence-electron chi connectivity index (χ3n) is 3.45. The van der Waals surface area contributed by atoms with Crippen molar-refractivity contribution in [3.8, 4) is 0 Å². The van der Waals surface area contributed by atoms with E-state index in [1.54, 1.807) is 13.0 Å². The van der Waals surface area contributed by atoms with Crippen LogP contribution in [-0.2, 0) is 16.8 Å². The summed E-state index contributed by atoms with van der Waals surface area (Å²) in [6.45, 7) is 1.62. The lowest BCUT2D eigenvalue weighted by atomic mass is 9.92. The first kappa shape index (κ1) is 15.5. The van der Waals surface area contributed by atoms with Gasteiger partial charge in [0.15, 0.2) is 0 Å². The van der Waals surface area contributed by atoms with Gasteiger partial charge in [-0.05, 0) is 24.1 Å². The van der Waals surface area contributed by atoms with E-state index in [1.807, 2.05) is 48.5 Å². The molecule has 1 amide bonds. The van der Waals surface area contributed by atoms with Crippen molar-refractivity contribution in [1.82, 2.24) is 5.32 Å². The molecular formula is C17H18ClNO2. The number of hydrogen-bond acceptors (Lipinski definition) is 2. The van der Waals surface area contributed by atoms with Gasteiger partial charge in [0.1, 0.15) is 0 Å². The van der Waals surface area contributed by atoms with Gasteiger partial charge in [0, 0.05) is 5.02 Å². The fourth-order valence-corrected chi connectivity index (χ4v) is 2.38. The largest absolute Gasteiger partial charge is 0.394 e. The van der Waals surface area contributed by atoms with Crippen molar-refractivity contribution in [2.75, 3.05) is 6.61 Å². The smallest absolute Gasteiger partial charge is 0.225 e. The minimum Gasteiger partial charge on any atom is -0.394 e. The van der Waals surface area contributed by atoms with Gasteiger partial charge in [0.25, 0.3) is 0 Å². The Hall–Kier alpha value is -1.84. The summed E-state index contributed by atoms with van der Waals surface area (Å²) in [5.41, 5.74) is 0.824. The lowest BCUT2D eigenvalue weighted by Gasteiger charge is -2.29. The zero-order chi connectivity index (χ0) is 15.3. The van der Waals surface area contributed by atoms with E-state index in [0.717, 1.165) is 11.1 Å². The zero-order valence-electron chi connectivity index (χ0n) is 11.8. The minimum atomic E-state index is -0.806. The second-order valence-electron chi connectivity index (χ2n) is 5.17. The Balaban J connectivity index is 2.12.